The minimum atomic E-state index is -4.47. The van der Waals surface area contributed by atoms with E-state index in [0.29, 0.717) is 0 Å². The fourth-order valence-corrected chi connectivity index (χ4v) is 1.74. The first-order chi connectivity index (χ1) is 9.82. The Morgan fingerprint density at radius 2 is 2.14 bits per heavy atom. The summed E-state index contributed by atoms with van der Waals surface area (Å²) in [5, 5.41) is 20.0. The first kappa shape index (κ1) is 14.9. The molecule has 0 saturated heterocycles. The van der Waals surface area contributed by atoms with Crippen molar-refractivity contribution in [2.45, 2.75) is 25.6 Å². The Balaban J connectivity index is 2.36. The monoisotopic (exact) mass is 300 g/mol. The van der Waals surface area contributed by atoms with E-state index in [4.69, 9.17) is 5.11 Å². The lowest BCUT2D eigenvalue weighted by Crippen LogP contribution is -2.20. The van der Waals surface area contributed by atoms with E-state index < -0.39 is 23.8 Å². The lowest BCUT2D eigenvalue weighted by molar-refractivity contribution is -0.141. The van der Waals surface area contributed by atoms with Crippen LogP contribution >= 0.6 is 0 Å². The van der Waals surface area contributed by atoms with Gasteiger partial charge in [0.05, 0.1) is 5.56 Å². The van der Waals surface area contributed by atoms with Crippen LogP contribution in [0.25, 0.3) is 11.4 Å². The van der Waals surface area contributed by atoms with E-state index in [-0.39, 0.29) is 17.8 Å². The number of aromatic nitrogens is 4. The van der Waals surface area contributed by atoms with E-state index in [1.165, 1.54) is 12.1 Å². The molecule has 9 heteroatoms. The molecule has 0 amide bonds. The SMILES string of the molecule is CCC(C(=O)O)n1nnc(-c2cccc(C(F)(F)F)c2)n1. The van der Waals surface area contributed by atoms with Crippen LogP contribution in [0, 0.1) is 0 Å². The summed E-state index contributed by atoms with van der Waals surface area (Å²) < 4.78 is 37.9. The predicted octanol–water partition coefficient (Wildman–Crippen LogP) is 2.39. The largest absolute Gasteiger partial charge is 0.480 e. The molecule has 1 aromatic heterocycles. The van der Waals surface area contributed by atoms with Gasteiger partial charge in [0, 0.05) is 5.56 Å². The molecule has 0 saturated carbocycles. The number of carbonyl (C=O) groups is 1. The Morgan fingerprint density at radius 1 is 1.43 bits per heavy atom. The van der Waals surface area contributed by atoms with E-state index in [2.05, 4.69) is 15.4 Å². The van der Waals surface area contributed by atoms with E-state index >= 15 is 0 Å². The van der Waals surface area contributed by atoms with Crippen LogP contribution in [0.1, 0.15) is 24.9 Å². The van der Waals surface area contributed by atoms with E-state index in [1.807, 2.05) is 0 Å². The van der Waals surface area contributed by atoms with Crippen molar-refractivity contribution in [3.63, 3.8) is 0 Å². The maximum Gasteiger partial charge on any atom is 0.416 e. The van der Waals surface area contributed by atoms with Gasteiger partial charge in [-0.2, -0.15) is 13.2 Å². The van der Waals surface area contributed by atoms with Gasteiger partial charge >= 0.3 is 12.1 Å². The zero-order chi connectivity index (χ0) is 15.6. The number of carboxylic acids is 1. The van der Waals surface area contributed by atoms with Gasteiger partial charge in [-0.1, -0.05) is 19.1 Å². The summed E-state index contributed by atoms with van der Waals surface area (Å²) in [4.78, 5) is 11.9. The van der Waals surface area contributed by atoms with Gasteiger partial charge < -0.3 is 5.11 Å². The number of halogens is 3. The standard InChI is InChI=1S/C12H11F3N4O2/c1-2-9(11(20)21)19-17-10(16-18-19)7-4-3-5-8(6-7)12(13,14)15/h3-6,9H,2H2,1H3,(H,20,21). The molecule has 0 aliphatic rings. The summed E-state index contributed by atoms with van der Waals surface area (Å²) in [6.07, 6.45) is -4.24. The van der Waals surface area contributed by atoms with Crippen LogP contribution in [0.4, 0.5) is 13.2 Å². The number of alkyl halides is 3. The molecular formula is C12H11F3N4O2. The highest BCUT2D eigenvalue weighted by Crippen LogP contribution is 2.31. The Labute approximate surface area is 117 Å². The summed E-state index contributed by atoms with van der Waals surface area (Å²) in [6, 6.07) is 3.45. The van der Waals surface area contributed by atoms with Gasteiger partial charge in [-0.25, -0.2) is 4.79 Å². The van der Waals surface area contributed by atoms with Gasteiger partial charge in [0.1, 0.15) is 0 Å². The minimum absolute atomic E-state index is 0.0548. The molecule has 2 aromatic rings. The number of carboxylic acid groups (broad SMARTS) is 1. The molecule has 1 unspecified atom stereocenters. The van der Waals surface area contributed by atoms with Crippen molar-refractivity contribution in [2.75, 3.05) is 0 Å². The van der Waals surface area contributed by atoms with Crippen molar-refractivity contribution in [2.24, 2.45) is 0 Å². The molecule has 0 bridgehead atoms. The summed E-state index contributed by atoms with van der Waals surface area (Å²) in [7, 11) is 0. The summed E-state index contributed by atoms with van der Waals surface area (Å²) >= 11 is 0. The molecule has 0 fully saturated rings. The molecule has 0 radical (unpaired) electrons. The fraction of sp³-hybridized carbons (Fsp3) is 0.333. The van der Waals surface area contributed by atoms with Crippen LogP contribution in [-0.2, 0) is 11.0 Å². The van der Waals surface area contributed by atoms with E-state index in [9.17, 15) is 18.0 Å². The predicted molar refractivity (Wildman–Crippen MR) is 65.2 cm³/mol. The topological polar surface area (TPSA) is 80.9 Å². The second-order valence-electron chi connectivity index (χ2n) is 4.27. The van der Waals surface area contributed by atoms with Crippen LogP contribution < -0.4 is 0 Å². The highest BCUT2D eigenvalue weighted by molar-refractivity contribution is 5.71. The maximum absolute atomic E-state index is 12.6. The lowest BCUT2D eigenvalue weighted by atomic mass is 10.1. The number of aliphatic carboxylic acids is 1. The molecule has 21 heavy (non-hydrogen) atoms. The molecule has 1 heterocycles. The normalized spacial score (nSPS) is 13.1. The van der Waals surface area contributed by atoms with Gasteiger partial charge in [0.15, 0.2) is 6.04 Å². The molecule has 112 valence electrons. The van der Waals surface area contributed by atoms with Crippen LogP contribution in [0.15, 0.2) is 24.3 Å². The van der Waals surface area contributed by atoms with Crippen molar-refractivity contribution in [1.82, 2.24) is 20.2 Å². The first-order valence-corrected chi connectivity index (χ1v) is 6.03. The molecule has 1 N–H and O–H groups in total. The zero-order valence-corrected chi connectivity index (χ0v) is 10.9. The average molecular weight is 300 g/mol. The summed E-state index contributed by atoms with van der Waals surface area (Å²) in [5.74, 6) is -1.19. The minimum Gasteiger partial charge on any atom is -0.480 e. The second-order valence-corrected chi connectivity index (χ2v) is 4.27. The van der Waals surface area contributed by atoms with Crippen LogP contribution in [0.2, 0.25) is 0 Å². The molecule has 6 nitrogen and oxygen atoms in total. The summed E-state index contributed by atoms with van der Waals surface area (Å²) in [5.41, 5.74) is -0.710. The van der Waals surface area contributed by atoms with Crippen LogP contribution in [-0.4, -0.2) is 31.3 Å². The number of tetrazole rings is 1. The first-order valence-electron chi connectivity index (χ1n) is 6.03. The third-order valence-electron chi connectivity index (χ3n) is 2.83. The van der Waals surface area contributed by atoms with Crippen molar-refractivity contribution < 1.29 is 23.1 Å². The second kappa shape index (κ2) is 5.51. The molecule has 0 aliphatic heterocycles. The third kappa shape index (κ3) is 3.18. The number of nitrogens with zero attached hydrogens (tertiary/aromatic N) is 4. The van der Waals surface area contributed by atoms with Gasteiger partial charge in [-0.05, 0) is 23.8 Å². The molecule has 1 aromatic carbocycles. The van der Waals surface area contributed by atoms with Crippen LogP contribution in [0.5, 0.6) is 0 Å². The quantitative estimate of drug-likeness (QED) is 0.937. The smallest absolute Gasteiger partial charge is 0.416 e. The van der Waals surface area contributed by atoms with Gasteiger partial charge in [-0.3, -0.25) is 0 Å². The lowest BCUT2D eigenvalue weighted by Gasteiger charge is -2.07. The number of hydrogen-bond acceptors (Lipinski definition) is 4. The zero-order valence-electron chi connectivity index (χ0n) is 10.9. The van der Waals surface area contributed by atoms with Gasteiger partial charge in [-0.15, -0.1) is 15.0 Å². The Hall–Kier alpha value is -2.45. The van der Waals surface area contributed by atoms with E-state index in [1.54, 1.807) is 6.92 Å². The molecular weight excluding hydrogens is 289 g/mol. The Kier molecular flexibility index (Phi) is 3.92. The van der Waals surface area contributed by atoms with Crippen LogP contribution in [0.3, 0.4) is 0 Å². The molecule has 0 aliphatic carbocycles. The number of rotatable bonds is 4. The Bertz CT molecular complexity index is 654. The highest BCUT2D eigenvalue weighted by atomic mass is 19.4. The van der Waals surface area contributed by atoms with Gasteiger partial charge in [0.2, 0.25) is 5.82 Å². The molecule has 0 spiro atoms. The van der Waals surface area contributed by atoms with E-state index in [0.717, 1.165) is 16.9 Å². The van der Waals surface area contributed by atoms with Crippen molar-refractivity contribution in [3.05, 3.63) is 29.8 Å². The molecule has 1 atom stereocenters. The summed E-state index contributed by atoms with van der Waals surface area (Å²) in [6.45, 7) is 1.63. The van der Waals surface area contributed by atoms with Gasteiger partial charge in [0.25, 0.3) is 0 Å². The van der Waals surface area contributed by atoms with Crippen molar-refractivity contribution in [1.29, 1.82) is 0 Å². The highest BCUT2D eigenvalue weighted by Gasteiger charge is 2.31. The van der Waals surface area contributed by atoms with Crippen molar-refractivity contribution in [3.8, 4) is 11.4 Å². The maximum atomic E-state index is 12.6. The average Bonchev–Trinajstić information content (AvgIpc) is 2.88. The number of benzene rings is 1. The fourth-order valence-electron chi connectivity index (χ4n) is 1.74. The molecule has 2 rings (SSSR count). The Morgan fingerprint density at radius 3 is 2.71 bits per heavy atom. The third-order valence-corrected chi connectivity index (χ3v) is 2.83. The number of hydrogen-bond donors (Lipinski definition) is 1. The van der Waals surface area contributed by atoms with Crippen molar-refractivity contribution >= 4 is 5.97 Å².